The lowest BCUT2D eigenvalue weighted by molar-refractivity contribution is 0.102. The van der Waals surface area contributed by atoms with E-state index in [-0.39, 0.29) is 17.1 Å². The van der Waals surface area contributed by atoms with Crippen molar-refractivity contribution in [2.75, 3.05) is 5.75 Å². The van der Waals surface area contributed by atoms with Crippen molar-refractivity contribution in [2.24, 2.45) is 0 Å². The molecule has 0 saturated heterocycles. The topological polar surface area (TPSA) is 52.0 Å². The quantitative estimate of drug-likeness (QED) is 0.300. The van der Waals surface area contributed by atoms with Gasteiger partial charge in [0.25, 0.3) is 5.56 Å². The summed E-state index contributed by atoms with van der Waals surface area (Å²) in [5.41, 5.74) is 1.91. The van der Waals surface area contributed by atoms with E-state index in [9.17, 15) is 9.59 Å². The van der Waals surface area contributed by atoms with Crippen molar-refractivity contribution < 1.29 is 4.79 Å². The van der Waals surface area contributed by atoms with E-state index in [1.165, 1.54) is 28.6 Å². The first-order valence-electron chi connectivity index (χ1n) is 9.05. The molecule has 0 amide bonds. The number of thiophene rings is 1. The summed E-state index contributed by atoms with van der Waals surface area (Å²) in [6.07, 6.45) is 4.35. The average molecular weight is 463 g/mol. The Balaban J connectivity index is 1.67. The summed E-state index contributed by atoms with van der Waals surface area (Å²) >= 11 is 6.40. The van der Waals surface area contributed by atoms with Crippen LogP contribution in [0.3, 0.4) is 0 Å². The van der Waals surface area contributed by atoms with Crippen molar-refractivity contribution in [1.82, 2.24) is 9.55 Å². The molecule has 0 aliphatic heterocycles. The van der Waals surface area contributed by atoms with Crippen LogP contribution < -0.4 is 5.56 Å². The number of aromatic nitrogens is 2. The standard InChI is InChI=1S/C20H19BrN2O2S2/c1-2-23-19(25)17-14-8-3-4-9-16(14)27-18(17)22-20(23)26-11-15(24)12-6-5-7-13(21)10-12/h5-7,10H,2-4,8-9,11H2,1H3. The highest BCUT2D eigenvalue weighted by Crippen LogP contribution is 2.34. The molecule has 0 spiro atoms. The number of rotatable bonds is 5. The van der Waals surface area contributed by atoms with Crippen LogP contribution in [0.2, 0.25) is 0 Å². The van der Waals surface area contributed by atoms with E-state index in [1.807, 2.05) is 31.2 Å². The fourth-order valence-electron chi connectivity index (χ4n) is 3.48. The van der Waals surface area contributed by atoms with Crippen molar-refractivity contribution in [3.8, 4) is 0 Å². The first-order valence-corrected chi connectivity index (χ1v) is 11.6. The van der Waals surface area contributed by atoms with Gasteiger partial charge in [0.15, 0.2) is 10.9 Å². The molecule has 1 aliphatic carbocycles. The van der Waals surface area contributed by atoms with Crippen molar-refractivity contribution >= 4 is 55.0 Å². The molecule has 7 heteroatoms. The molecular formula is C20H19BrN2O2S2. The summed E-state index contributed by atoms with van der Waals surface area (Å²) in [4.78, 5) is 32.5. The number of thioether (sulfide) groups is 1. The Kier molecular flexibility index (Phi) is 5.53. The van der Waals surface area contributed by atoms with E-state index in [1.54, 1.807) is 15.9 Å². The molecule has 4 nitrogen and oxygen atoms in total. The maximum atomic E-state index is 13.1. The zero-order chi connectivity index (χ0) is 19.0. The Bertz CT molecular complexity index is 1090. The van der Waals surface area contributed by atoms with Gasteiger partial charge in [-0.1, -0.05) is 39.8 Å². The van der Waals surface area contributed by atoms with Gasteiger partial charge < -0.3 is 0 Å². The highest BCUT2D eigenvalue weighted by Gasteiger charge is 2.22. The molecule has 0 bridgehead atoms. The van der Waals surface area contributed by atoms with Gasteiger partial charge in [0.2, 0.25) is 0 Å². The molecule has 0 N–H and O–H groups in total. The second-order valence-electron chi connectivity index (χ2n) is 6.56. The molecule has 1 aliphatic rings. The van der Waals surface area contributed by atoms with Crippen LogP contribution in [0, 0.1) is 0 Å². The Labute approximate surface area is 174 Å². The third-order valence-electron chi connectivity index (χ3n) is 4.84. The molecule has 27 heavy (non-hydrogen) atoms. The minimum atomic E-state index is 0.0313. The number of nitrogens with zero attached hydrogens (tertiary/aromatic N) is 2. The van der Waals surface area contributed by atoms with Crippen molar-refractivity contribution in [2.45, 2.75) is 44.3 Å². The molecule has 0 radical (unpaired) electrons. The van der Waals surface area contributed by atoms with Gasteiger partial charge in [0.05, 0.1) is 11.1 Å². The lowest BCUT2D eigenvalue weighted by Gasteiger charge is -2.12. The van der Waals surface area contributed by atoms with Crippen LogP contribution in [0.4, 0.5) is 0 Å². The van der Waals surface area contributed by atoms with Crippen LogP contribution in [-0.4, -0.2) is 21.1 Å². The van der Waals surface area contributed by atoms with Crippen LogP contribution in [0.1, 0.15) is 40.6 Å². The minimum absolute atomic E-state index is 0.0313. The molecule has 4 rings (SSSR count). The zero-order valence-electron chi connectivity index (χ0n) is 15.0. The minimum Gasteiger partial charge on any atom is -0.293 e. The van der Waals surface area contributed by atoms with E-state index < -0.39 is 0 Å². The summed E-state index contributed by atoms with van der Waals surface area (Å²) in [7, 11) is 0. The van der Waals surface area contributed by atoms with Crippen LogP contribution in [0.15, 0.2) is 38.7 Å². The number of carbonyl (C=O) groups is 1. The van der Waals surface area contributed by atoms with Gasteiger partial charge in [-0.2, -0.15) is 0 Å². The number of aryl methyl sites for hydroxylation is 2. The highest BCUT2D eigenvalue weighted by molar-refractivity contribution is 9.10. The van der Waals surface area contributed by atoms with Gasteiger partial charge in [0, 0.05) is 21.5 Å². The fourth-order valence-corrected chi connectivity index (χ4v) is 6.14. The Hall–Kier alpha value is -1.44. The Morgan fingerprint density at radius 2 is 2.15 bits per heavy atom. The highest BCUT2D eigenvalue weighted by atomic mass is 79.9. The number of ketones is 1. The van der Waals surface area contributed by atoms with Gasteiger partial charge in [-0.25, -0.2) is 4.98 Å². The fraction of sp³-hybridized carbons (Fsp3) is 0.350. The van der Waals surface area contributed by atoms with Crippen LogP contribution in [0.5, 0.6) is 0 Å². The van der Waals surface area contributed by atoms with Gasteiger partial charge in [-0.3, -0.25) is 14.2 Å². The maximum Gasteiger partial charge on any atom is 0.263 e. The summed E-state index contributed by atoms with van der Waals surface area (Å²) in [5.74, 6) is 0.295. The third-order valence-corrected chi connectivity index (χ3v) is 7.49. The zero-order valence-corrected chi connectivity index (χ0v) is 18.2. The lowest BCUT2D eigenvalue weighted by Crippen LogP contribution is -2.23. The number of hydrogen-bond donors (Lipinski definition) is 0. The molecule has 3 aromatic rings. The molecule has 2 heterocycles. The molecule has 0 saturated carbocycles. The second-order valence-corrected chi connectivity index (χ2v) is 9.50. The van der Waals surface area contributed by atoms with Crippen LogP contribution in [-0.2, 0) is 19.4 Å². The molecule has 1 aromatic carbocycles. The molecule has 0 fully saturated rings. The normalized spacial score (nSPS) is 13.7. The Morgan fingerprint density at radius 3 is 2.93 bits per heavy atom. The Morgan fingerprint density at radius 1 is 1.33 bits per heavy atom. The summed E-state index contributed by atoms with van der Waals surface area (Å²) in [6.45, 7) is 2.51. The smallest absolute Gasteiger partial charge is 0.263 e. The first-order chi connectivity index (χ1) is 13.1. The van der Waals surface area contributed by atoms with Gasteiger partial charge >= 0.3 is 0 Å². The van der Waals surface area contributed by atoms with Crippen molar-refractivity contribution in [1.29, 1.82) is 0 Å². The monoisotopic (exact) mass is 462 g/mol. The average Bonchev–Trinajstić information content (AvgIpc) is 3.04. The van der Waals surface area contributed by atoms with Gasteiger partial charge in [-0.15, -0.1) is 11.3 Å². The predicted molar refractivity (Wildman–Crippen MR) is 115 cm³/mol. The van der Waals surface area contributed by atoms with E-state index in [2.05, 4.69) is 15.9 Å². The van der Waals surface area contributed by atoms with E-state index >= 15 is 0 Å². The lowest BCUT2D eigenvalue weighted by atomic mass is 9.97. The first kappa shape index (κ1) is 18.9. The molecule has 140 valence electrons. The summed E-state index contributed by atoms with van der Waals surface area (Å²) < 4.78 is 2.59. The van der Waals surface area contributed by atoms with Crippen molar-refractivity contribution in [3.05, 3.63) is 55.1 Å². The van der Waals surface area contributed by atoms with Crippen LogP contribution in [0.25, 0.3) is 10.2 Å². The molecular weight excluding hydrogens is 444 g/mol. The summed E-state index contributed by atoms with van der Waals surface area (Å²) in [5, 5.41) is 1.44. The van der Waals surface area contributed by atoms with E-state index in [0.29, 0.717) is 17.3 Å². The van der Waals surface area contributed by atoms with Gasteiger partial charge in [-0.05, 0) is 50.3 Å². The van der Waals surface area contributed by atoms with E-state index in [4.69, 9.17) is 4.98 Å². The number of fused-ring (bicyclic) bond motifs is 3. The van der Waals surface area contributed by atoms with E-state index in [0.717, 1.165) is 34.0 Å². The number of hydrogen-bond acceptors (Lipinski definition) is 5. The molecule has 0 unspecified atom stereocenters. The SMILES string of the molecule is CCn1c(SCC(=O)c2cccc(Br)c2)nc2sc3c(c2c1=O)CCCC3. The number of Topliss-reactive ketones (excluding diaryl/α,β-unsaturated/α-hetero) is 1. The van der Waals surface area contributed by atoms with Crippen LogP contribution >= 0.6 is 39.0 Å². The number of halogens is 1. The van der Waals surface area contributed by atoms with Gasteiger partial charge in [0.1, 0.15) is 4.83 Å². The third kappa shape index (κ3) is 3.65. The predicted octanol–water partition coefficient (Wildman–Crippen LogP) is 5.09. The largest absolute Gasteiger partial charge is 0.293 e. The molecule has 2 aromatic heterocycles. The summed E-state index contributed by atoms with van der Waals surface area (Å²) in [6, 6.07) is 7.38. The van der Waals surface area contributed by atoms with Crippen molar-refractivity contribution in [3.63, 3.8) is 0 Å². The number of carbonyl (C=O) groups excluding carboxylic acids is 1. The second kappa shape index (κ2) is 7.89. The maximum absolute atomic E-state index is 13.1. The number of benzene rings is 1. The molecule has 0 atom stereocenters.